The SMILES string of the molecule is CCOc1ccc([C@@H]2C(C(=O)OCCOC)=C(C)NC3=C2C(=O)[C@@H](C(=O)OC)[C@H](C)C3)cc1. The van der Waals surface area contributed by atoms with E-state index in [4.69, 9.17) is 18.9 Å². The van der Waals surface area contributed by atoms with Crippen LogP contribution in [0.4, 0.5) is 0 Å². The Morgan fingerprint density at radius 2 is 1.82 bits per heavy atom. The standard InChI is InChI=1S/C25H31NO7/c1-6-32-17-9-7-16(8-10-17)21-20(25(29)33-12-11-30-4)15(3)26-18-13-14(2)19(24(28)31-5)23(27)22(18)21/h7-10,14,19,21,26H,6,11-13H2,1-5H3/t14-,19+,21-/m1/s1. The predicted molar refractivity (Wildman–Crippen MR) is 120 cm³/mol. The van der Waals surface area contributed by atoms with Gasteiger partial charge in [-0.2, -0.15) is 0 Å². The molecule has 1 aliphatic carbocycles. The highest BCUT2D eigenvalue weighted by Crippen LogP contribution is 2.45. The fourth-order valence-electron chi connectivity index (χ4n) is 4.50. The highest BCUT2D eigenvalue weighted by atomic mass is 16.6. The molecule has 8 nitrogen and oxygen atoms in total. The number of allylic oxidation sites excluding steroid dienone is 3. The molecule has 1 N–H and O–H groups in total. The number of benzene rings is 1. The Hall–Kier alpha value is -3.13. The van der Waals surface area contributed by atoms with E-state index in [-0.39, 0.29) is 24.9 Å². The summed E-state index contributed by atoms with van der Waals surface area (Å²) >= 11 is 0. The zero-order valence-electron chi connectivity index (χ0n) is 19.7. The Kier molecular flexibility index (Phi) is 7.92. The molecule has 0 bridgehead atoms. The Morgan fingerprint density at radius 1 is 1.12 bits per heavy atom. The number of hydrogen-bond donors (Lipinski definition) is 1. The number of carbonyl (C=O) groups excluding carboxylic acids is 3. The molecule has 1 aromatic rings. The zero-order chi connectivity index (χ0) is 24.1. The number of esters is 2. The fourth-order valence-corrected chi connectivity index (χ4v) is 4.50. The van der Waals surface area contributed by atoms with Gasteiger partial charge in [0, 0.05) is 30.0 Å². The maximum atomic E-state index is 13.6. The lowest BCUT2D eigenvalue weighted by Crippen LogP contribution is -2.43. The molecular formula is C25H31NO7. The Morgan fingerprint density at radius 3 is 2.42 bits per heavy atom. The van der Waals surface area contributed by atoms with Gasteiger partial charge in [0.15, 0.2) is 5.78 Å². The van der Waals surface area contributed by atoms with Crippen molar-refractivity contribution in [3.8, 4) is 5.75 Å². The van der Waals surface area contributed by atoms with Gasteiger partial charge in [-0.15, -0.1) is 0 Å². The second-order valence-corrected chi connectivity index (χ2v) is 8.17. The summed E-state index contributed by atoms with van der Waals surface area (Å²) in [6, 6.07) is 7.27. The van der Waals surface area contributed by atoms with Crippen molar-refractivity contribution in [2.45, 2.75) is 33.1 Å². The van der Waals surface area contributed by atoms with Gasteiger partial charge in [0.1, 0.15) is 18.3 Å². The molecule has 2 aliphatic rings. The molecule has 0 radical (unpaired) electrons. The van der Waals surface area contributed by atoms with Crippen molar-refractivity contribution >= 4 is 17.7 Å². The van der Waals surface area contributed by atoms with E-state index in [0.717, 1.165) is 11.3 Å². The van der Waals surface area contributed by atoms with Crippen LogP contribution in [0.25, 0.3) is 0 Å². The molecule has 0 amide bonds. The number of methoxy groups -OCH3 is 2. The van der Waals surface area contributed by atoms with Gasteiger partial charge in [-0.05, 0) is 43.9 Å². The maximum Gasteiger partial charge on any atom is 0.336 e. The Labute approximate surface area is 193 Å². The highest BCUT2D eigenvalue weighted by molar-refractivity contribution is 6.12. The van der Waals surface area contributed by atoms with Crippen LogP contribution in [0.2, 0.25) is 0 Å². The van der Waals surface area contributed by atoms with Crippen LogP contribution >= 0.6 is 0 Å². The van der Waals surface area contributed by atoms with E-state index >= 15 is 0 Å². The third kappa shape index (κ3) is 4.95. The van der Waals surface area contributed by atoms with E-state index in [1.807, 2.05) is 26.0 Å². The lowest BCUT2D eigenvalue weighted by molar-refractivity contribution is -0.151. The summed E-state index contributed by atoms with van der Waals surface area (Å²) in [6.45, 7) is 6.41. The van der Waals surface area contributed by atoms with Crippen LogP contribution < -0.4 is 10.1 Å². The number of carbonyl (C=O) groups is 3. The molecule has 1 heterocycles. The van der Waals surface area contributed by atoms with Crippen molar-refractivity contribution in [3.05, 3.63) is 52.4 Å². The van der Waals surface area contributed by atoms with Crippen LogP contribution in [0.5, 0.6) is 5.75 Å². The molecule has 178 valence electrons. The van der Waals surface area contributed by atoms with Gasteiger partial charge >= 0.3 is 11.9 Å². The van der Waals surface area contributed by atoms with Crippen LogP contribution in [0.15, 0.2) is 46.8 Å². The molecule has 33 heavy (non-hydrogen) atoms. The van der Waals surface area contributed by atoms with E-state index in [1.54, 1.807) is 19.1 Å². The molecule has 0 aromatic heterocycles. The minimum Gasteiger partial charge on any atom is -0.494 e. The van der Waals surface area contributed by atoms with E-state index in [0.29, 0.717) is 35.6 Å². The lowest BCUT2D eigenvalue weighted by Gasteiger charge is -2.38. The van der Waals surface area contributed by atoms with Gasteiger partial charge in [0.25, 0.3) is 0 Å². The van der Waals surface area contributed by atoms with Crippen LogP contribution in [0.3, 0.4) is 0 Å². The number of ether oxygens (including phenoxy) is 4. The molecular weight excluding hydrogens is 426 g/mol. The van der Waals surface area contributed by atoms with Crippen molar-refractivity contribution in [2.24, 2.45) is 11.8 Å². The molecule has 1 aliphatic heterocycles. The molecule has 8 heteroatoms. The summed E-state index contributed by atoms with van der Waals surface area (Å²) in [7, 11) is 2.80. The first-order valence-electron chi connectivity index (χ1n) is 11.1. The van der Waals surface area contributed by atoms with Crippen molar-refractivity contribution < 1.29 is 33.3 Å². The van der Waals surface area contributed by atoms with Crippen LogP contribution in [-0.2, 0) is 28.6 Å². The number of hydrogen-bond acceptors (Lipinski definition) is 8. The third-order valence-corrected chi connectivity index (χ3v) is 6.01. The average Bonchev–Trinajstić information content (AvgIpc) is 2.78. The average molecular weight is 458 g/mol. The summed E-state index contributed by atoms with van der Waals surface area (Å²) < 4.78 is 20.9. The summed E-state index contributed by atoms with van der Waals surface area (Å²) in [5.41, 5.74) is 2.80. The summed E-state index contributed by atoms with van der Waals surface area (Å²) in [5, 5.41) is 3.24. The number of dihydropyridines is 1. The van der Waals surface area contributed by atoms with Crippen molar-refractivity contribution in [2.75, 3.05) is 34.0 Å². The predicted octanol–water partition coefficient (Wildman–Crippen LogP) is 2.89. The number of Topliss-reactive ketones (excluding diaryl/α,β-unsaturated/α-hetero) is 1. The summed E-state index contributed by atoms with van der Waals surface area (Å²) in [6.07, 6.45) is 0.484. The Bertz CT molecular complexity index is 977. The minimum atomic E-state index is -0.926. The van der Waals surface area contributed by atoms with Crippen molar-refractivity contribution in [1.82, 2.24) is 5.32 Å². The van der Waals surface area contributed by atoms with Gasteiger partial charge < -0.3 is 24.3 Å². The molecule has 0 spiro atoms. The number of nitrogens with one attached hydrogen (secondary N) is 1. The number of rotatable bonds is 8. The van der Waals surface area contributed by atoms with Gasteiger partial charge in [-0.25, -0.2) is 4.79 Å². The van der Waals surface area contributed by atoms with Crippen molar-refractivity contribution in [3.63, 3.8) is 0 Å². The monoisotopic (exact) mass is 457 g/mol. The lowest BCUT2D eigenvalue weighted by atomic mass is 9.69. The van der Waals surface area contributed by atoms with Crippen LogP contribution in [0, 0.1) is 11.8 Å². The second kappa shape index (κ2) is 10.7. The highest BCUT2D eigenvalue weighted by Gasteiger charge is 2.47. The van der Waals surface area contributed by atoms with E-state index in [2.05, 4.69) is 5.32 Å². The largest absolute Gasteiger partial charge is 0.494 e. The molecule has 0 fully saturated rings. The fraction of sp³-hybridized carbons (Fsp3) is 0.480. The van der Waals surface area contributed by atoms with E-state index in [9.17, 15) is 14.4 Å². The van der Waals surface area contributed by atoms with Gasteiger partial charge in [-0.3, -0.25) is 9.59 Å². The van der Waals surface area contributed by atoms with E-state index in [1.165, 1.54) is 14.2 Å². The quantitative estimate of drug-likeness (QED) is 0.361. The summed E-state index contributed by atoms with van der Waals surface area (Å²) in [4.78, 5) is 39.2. The first kappa shape index (κ1) is 24.5. The minimum absolute atomic E-state index is 0.0871. The normalized spacial score (nSPS) is 22.5. The molecule has 1 aromatic carbocycles. The third-order valence-electron chi connectivity index (χ3n) is 6.01. The summed E-state index contributed by atoms with van der Waals surface area (Å²) in [5.74, 6) is -2.60. The van der Waals surface area contributed by atoms with Gasteiger partial charge in [0.2, 0.25) is 0 Å². The number of ketones is 1. The van der Waals surface area contributed by atoms with Gasteiger partial charge in [0.05, 0.1) is 25.9 Å². The zero-order valence-corrected chi connectivity index (χ0v) is 19.7. The van der Waals surface area contributed by atoms with Gasteiger partial charge in [-0.1, -0.05) is 19.1 Å². The second-order valence-electron chi connectivity index (χ2n) is 8.17. The topological polar surface area (TPSA) is 100 Å². The smallest absolute Gasteiger partial charge is 0.336 e. The Balaban J connectivity index is 2.10. The van der Waals surface area contributed by atoms with E-state index < -0.39 is 23.8 Å². The first-order chi connectivity index (χ1) is 15.8. The molecule has 0 saturated carbocycles. The maximum absolute atomic E-state index is 13.6. The van der Waals surface area contributed by atoms with Crippen LogP contribution in [0.1, 0.15) is 38.7 Å². The van der Waals surface area contributed by atoms with Crippen molar-refractivity contribution in [1.29, 1.82) is 0 Å². The molecule has 3 rings (SSSR count). The van der Waals surface area contributed by atoms with Crippen LogP contribution in [-0.4, -0.2) is 51.8 Å². The molecule has 0 unspecified atom stereocenters. The first-order valence-corrected chi connectivity index (χ1v) is 11.1. The molecule has 3 atom stereocenters. The molecule has 0 saturated heterocycles.